The molecule has 0 aliphatic carbocycles. The van der Waals surface area contributed by atoms with Gasteiger partial charge in [0, 0.05) is 13.0 Å². The molecule has 1 N–H and O–H groups in total. The number of hydrogen-bond donors (Lipinski definition) is 1. The Balaban J connectivity index is 1.70. The summed E-state index contributed by atoms with van der Waals surface area (Å²) >= 11 is 0. The maximum absolute atomic E-state index is 4.69. The van der Waals surface area contributed by atoms with Crippen molar-refractivity contribution in [3.05, 3.63) is 12.2 Å². The number of nitrogens with one attached hydrogen (secondary N) is 1. The fraction of sp³-hybridized carbons (Fsp3) is 0.875. The van der Waals surface area contributed by atoms with E-state index < -0.39 is 0 Å². The molecule has 0 aliphatic rings. The van der Waals surface area contributed by atoms with Crippen LogP contribution < -0.4 is 5.32 Å². The minimum Gasteiger partial charge on any atom is -0.343 e. The van der Waals surface area contributed by atoms with Crippen LogP contribution in [0, 0.1) is 0 Å². The van der Waals surface area contributed by atoms with E-state index in [0.717, 1.165) is 25.3 Å². The number of unbranched alkanes of at least 4 members (excludes halogenated alkanes) is 9. The number of rotatable bonds is 14. The Kier molecular flexibility index (Phi) is 11.2. The summed E-state index contributed by atoms with van der Waals surface area (Å²) in [6.07, 6.45) is 16.2. The monoisotopic (exact) mass is 281 g/mol. The first-order valence-corrected chi connectivity index (χ1v) is 8.39. The van der Waals surface area contributed by atoms with Crippen molar-refractivity contribution < 1.29 is 4.52 Å². The highest BCUT2D eigenvalue weighted by atomic mass is 16.5. The molecule has 0 aromatic carbocycles. The predicted molar refractivity (Wildman–Crippen MR) is 82.7 cm³/mol. The van der Waals surface area contributed by atoms with Gasteiger partial charge >= 0.3 is 0 Å². The van der Waals surface area contributed by atoms with Gasteiger partial charge in [-0.15, -0.1) is 0 Å². The van der Waals surface area contributed by atoms with Gasteiger partial charge in [-0.2, -0.15) is 4.98 Å². The molecule has 0 bridgehead atoms. The molecule has 0 radical (unpaired) electrons. The third kappa shape index (κ3) is 9.96. The molecule has 1 heterocycles. The van der Waals surface area contributed by atoms with E-state index >= 15 is 0 Å². The summed E-state index contributed by atoms with van der Waals surface area (Å²) in [5.41, 5.74) is 0. The van der Waals surface area contributed by atoms with E-state index in [1.165, 1.54) is 70.6 Å². The van der Waals surface area contributed by atoms with Crippen LogP contribution in [-0.2, 0) is 6.42 Å². The van der Waals surface area contributed by atoms with Crippen molar-refractivity contribution in [3.63, 3.8) is 0 Å². The van der Waals surface area contributed by atoms with E-state index in [9.17, 15) is 0 Å². The molecule has 116 valence electrons. The molecule has 0 saturated heterocycles. The molecular formula is C16H31N3O. The summed E-state index contributed by atoms with van der Waals surface area (Å²) in [5.74, 6) is 0.792. The molecule has 1 aromatic rings. The maximum atomic E-state index is 4.69. The van der Waals surface area contributed by atoms with Gasteiger partial charge in [0.25, 0.3) is 0 Å². The van der Waals surface area contributed by atoms with Gasteiger partial charge in [-0.3, -0.25) is 0 Å². The van der Waals surface area contributed by atoms with Crippen LogP contribution in [0.5, 0.6) is 0 Å². The van der Waals surface area contributed by atoms with Crippen LogP contribution >= 0.6 is 0 Å². The fourth-order valence-corrected chi connectivity index (χ4v) is 2.37. The molecule has 0 saturated carbocycles. The highest BCUT2D eigenvalue weighted by Gasteiger charge is 1.97. The van der Waals surface area contributed by atoms with E-state index in [4.69, 9.17) is 0 Å². The summed E-state index contributed by atoms with van der Waals surface area (Å²) in [4.78, 5) is 3.99. The standard InChI is InChI=1S/C16H31N3O/c1-2-3-4-5-6-7-8-9-10-11-13-17-14-12-16-18-15-20-19-16/h15,17H,2-14H2,1H3. The van der Waals surface area contributed by atoms with Gasteiger partial charge < -0.3 is 9.84 Å². The minimum atomic E-state index is 0.792. The summed E-state index contributed by atoms with van der Waals surface area (Å²) < 4.78 is 4.69. The van der Waals surface area contributed by atoms with Gasteiger partial charge in [0.05, 0.1) is 0 Å². The van der Waals surface area contributed by atoms with Crippen LogP contribution in [0.2, 0.25) is 0 Å². The number of hydrogen-bond acceptors (Lipinski definition) is 4. The topological polar surface area (TPSA) is 51.0 Å². The zero-order chi connectivity index (χ0) is 14.3. The lowest BCUT2D eigenvalue weighted by Crippen LogP contribution is -2.18. The molecule has 0 spiro atoms. The summed E-state index contributed by atoms with van der Waals surface area (Å²) in [6, 6.07) is 0. The average molecular weight is 281 g/mol. The second-order valence-corrected chi connectivity index (χ2v) is 5.53. The fourth-order valence-electron chi connectivity index (χ4n) is 2.37. The van der Waals surface area contributed by atoms with E-state index in [0.29, 0.717) is 0 Å². The summed E-state index contributed by atoms with van der Waals surface area (Å²) in [5, 5.41) is 7.21. The van der Waals surface area contributed by atoms with Gasteiger partial charge in [0.1, 0.15) is 0 Å². The van der Waals surface area contributed by atoms with Crippen molar-refractivity contribution in [1.29, 1.82) is 0 Å². The largest absolute Gasteiger partial charge is 0.343 e. The predicted octanol–water partition coefficient (Wildman–Crippen LogP) is 4.12. The smallest absolute Gasteiger partial charge is 0.213 e. The Morgan fingerprint density at radius 2 is 1.55 bits per heavy atom. The maximum Gasteiger partial charge on any atom is 0.213 e. The van der Waals surface area contributed by atoms with Crippen LogP contribution in [0.25, 0.3) is 0 Å². The van der Waals surface area contributed by atoms with Crippen molar-refractivity contribution in [2.24, 2.45) is 0 Å². The second kappa shape index (κ2) is 13.1. The lowest BCUT2D eigenvalue weighted by molar-refractivity contribution is 0.409. The quantitative estimate of drug-likeness (QED) is 0.521. The molecule has 1 rings (SSSR count). The Bertz CT molecular complexity index is 288. The second-order valence-electron chi connectivity index (χ2n) is 5.53. The van der Waals surface area contributed by atoms with Crippen molar-refractivity contribution in [2.45, 2.75) is 77.6 Å². The van der Waals surface area contributed by atoms with Gasteiger partial charge in [-0.05, 0) is 13.0 Å². The van der Waals surface area contributed by atoms with Crippen LogP contribution in [0.1, 0.15) is 77.0 Å². The molecule has 0 aliphatic heterocycles. The normalized spacial score (nSPS) is 11.1. The molecule has 20 heavy (non-hydrogen) atoms. The Labute approximate surface area is 123 Å². The summed E-state index contributed by atoms with van der Waals surface area (Å²) in [7, 11) is 0. The first kappa shape index (κ1) is 17.2. The molecule has 0 unspecified atom stereocenters. The van der Waals surface area contributed by atoms with Gasteiger partial charge in [-0.25, -0.2) is 0 Å². The molecule has 4 heteroatoms. The van der Waals surface area contributed by atoms with Gasteiger partial charge in [-0.1, -0.05) is 69.9 Å². The highest BCUT2D eigenvalue weighted by Crippen LogP contribution is 2.10. The lowest BCUT2D eigenvalue weighted by Gasteiger charge is -2.04. The lowest BCUT2D eigenvalue weighted by atomic mass is 10.1. The Morgan fingerprint density at radius 1 is 0.900 bits per heavy atom. The van der Waals surface area contributed by atoms with E-state index in [1.807, 2.05) is 0 Å². The van der Waals surface area contributed by atoms with Gasteiger partial charge in [0.15, 0.2) is 5.82 Å². The average Bonchev–Trinajstić information content (AvgIpc) is 2.97. The Morgan fingerprint density at radius 3 is 2.15 bits per heavy atom. The molecule has 0 fully saturated rings. The SMILES string of the molecule is CCCCCCCCCCCCNCCc1ncon1. The third-order valence-electron chi connectivity index (χ3n) is 3.64. The molecule has 0 atom stereocenters. The third-order valence-corrected chi connectivity index (χ3v) is 3.64. The van der Waals surface area contributed by atoms with Crippen molar-refractivity contribution in [1.82, 2.24) is 15.5 Å². The molecule has 0 amide bonds. The first-order valence-electron chi connectivity index (χ1n) is 8.39. The number of aromatic nitrogens is 2. The van der Waals surface area contributed by atoms with Gasteiger partial charge in [0.2, 0.25) is 6.39 Å². The molecule has 4 nitrogen and oxygen atoms in total. The van der Waals surface area contributed by atoms with Crippen molar-refractivity contribution in [2.75, 3.05) is 13.1 Å². The first-order chi connectivity index (χ1) is 9.93. The van der Waals surface area contributed by atoms with Crippen LogP contribution in [-0.4, -0.2) is 23.2 Å². The van der Waals surface area contributed by atoms with E-state index in [2.05, 4.69) is 26.9 Å². The van der Waals surface area contributed by atoms with Crippen molar-refractivity contribution in [3.8, 4) is 0 Å². The van der Waals surface area contributed by atoms with Crippen LogP contribution in [0.4, 0.5) is 0 Å². The number of nitrogens with zero attached hydrogens (tertiary/aromatic N) is 2. The minimum absolute atomic E-state index is 0.792. The molecular weight excluding hydrogens is 250 g/mol. The Hall–Kier alpha value is -0.900. The zero-order valence-corrected chi connectivity index (χ0v) is 13.1. The van der Waals surface area contributed by atoms with Crippen LogP contribution in [0.15, 0.2) is 10.9 Å². The van der Waals surface area contributed by atoms with E-state index in [1.54, 1.807) is 0 Å². The van der Waals surface area contributed by atoms with Crippen molar-refractivity contribution >= 4 is 0 Å². The van der Waals surface area contributed by atoms with E-state index in [-0.39, 0.29) is 0 Å². The molecule has 1 aromatic heterocycles. The zero-order valence-electron chi connectivity index (χ0n) is 13.1. The summed E-state index contributed by atoms with van der Waals surface area (Å²) in [6.45, 7) is 4.32. The van der Waals surface area contributed by atoms with Crippen LogP contribution in [0.3, 0.4) is 0 Å². The highest BCUT2D eigenvalue weighted by molar-refractivity contribution is 4.78.